The Kier molecular flexibility index (Phi) is 15.8. The first-order valence-corrected chi connectivity index (χ1v) is 16.4. The molecule has 302 valence electrons. The molecule has 1 unspecified atom stereocenters. The van der Waals surface area contributed by atoms with Crippen molar-refractivity contribution < 1.29 is 93.8 Å². The van der Waals surface area contributed by atoms with Crippen molar-refractivity contribution in [1.82, 2.24) is 0 Å². The predicted molar refractivity (Wildman–Crippen MR) is 153 cm³/mol. The Bertz CT molecular complexity index is 1310. The number of alkyl halides is 17. The molecule has 0 spiro atoms. The van der Waals surface area contributed by atoms with Crippen molar-refractivity contribution in [3.05, 3.63) is 35.9 Å². The molecule has 1 N–H and O–H groups in total. The molecule has 1 aromatic carbocycles. The van der Waals surface area contributed by atoms with Crippen molar-refractivity contribution in [2.45, 2.75) is 112 Å². The van der Waals surface area contributed by atoms with Gasteiger partial charge in [0, 0.05) is 17.7 Å². The van der Waals surface area contributed by atoms with Crippen LogP contribution in [0.2, 0.25) is 0 Å². The van der Waals surface area contributed by atoms with Gasteiger partial charge in [0.05, 0.1) is 19.5 Å². The average molecular weight is 813 g/mol. The van der Waals surface area contributed by atoms with Gasteiger partial charge in [-0.25, -0.2) is 0 Å². The molecule has 0 saturated carbocycles. The monoisotopic (exact) mass is 812 g/mol. The van der Waals surface area contributed by atoms with E-state index >= 15 is 0 Å². The SMILES string of the molecule is CCCCCCCC[N+](CCC(=O)O)(CC(=O)SCCC(F)(F)C(F)(F)C(F)(F)C(F)(F)C(F)(F)C(F)(F)C(F)(F)C(F)(F)F)Cc1ccccc1. The normalized spacial score (nSPS) is 15.4. The molecule has 1 aromatic rings. The number of carboxylic acids is 1. The fourth-order valence-corrected chi connectivity index (χ4v) is 5.93. The van der Waals surface area contributed by atoms with Gasteiger partial charge in [0.15, 0.2) is 0 Å². The maximum atomic E-state index is 14.4. The molecule has 0 amide bonds. The lowest BCUT2D eigenvalue weighted by Gasteiger charge is -2.42. The second kappa shape index (κ2) is 17.3. The Hall–Kier alpha value is -2.52. The smallest absolute Gasteiger partial charge is 0.460 e. The number of thioether (sulfide) groups is 1. The standard InChI is InChI=1S/C30H34F17NO3S/c1-2-3-4-5-6-10-15-48(16-13-21(49)50,18-20-11-8-7-9-12-20)19-22(51)52-17-14-23(31,32)24(33,34)25(35,36)26(37,38)27(39,40)28(41,42)29(43,44)30(45,46)47/h7-9,11-12H,2-6,10,13-19H2,1H3/p+1. The van der Waals surface area contributed by atoms with Crippen molar-refractivity contribution in [2.75, 3.05) is 25.4 Å². The van der Waals surface area contributed by atoms with E-state index < -0.39 is 83.9 Å². The van der Waals surface area contributed by atoms with E-state index in [-0.39, 0.29) is 35.9 Å². The topological polar surface area (TPSA) is 54.4 Å². The molecule has 0 heterocycles. The lowest BCUT2D eigenvalue weighted by molar-refractivity contribution is -0.933. The molecule has 0 radical (unpaired) electrons. The Balaban J connectivity index is 3.30. The highest BCUT2D eigenvalue weighted by atomic mass is 32.2. The molecular formula is C30H35F17NO3S+. The second-order valence-electron chi connectivity index (χ2n) is 12.1. The van der Waals surface area contributed by atoms with Crippen LogP contribution in [-0.4, -0.2) is 93.7 Å². The number of carbonyl (C=O) groups excluding carboxylic acids is 1. The molecule has 0 aliphatic carbocycles. The summed E-state index contributed by atoms with van der Waals surface area (Å²) in [5, 5.41) is 8.17. The van der Waals surface area contributed by atoms with Gasteiger partial charge in [-0.15, -0.1) is 0 Å². The van der Waals surface area contributed by atoms with Crippen molar-refractivity contribution in [1.29, 1.82) is 0 Å². The fourth-order valence-electron chi connectivity index (χ4n) is 4.98. The summed E-state index contributed by atoms with van der Waals surface area (Å²) in [6, 6.07) is 8.04. The number of aliphatic carboxylic acids is 1. The van der Waals surface area contributed by atoms with Crippen LogP contribution in [0, 0.1) is 0 Å². The van der Waals surface area contributed by atoms with Gasteiger partial charge in [0.2, 0.25) is 5.12 Å². The number of hydrogen-bond donors (Lipinski definition) is 1. The zero-order valence-electron chi connectivity index (χ0n) is 27.1. The molecule has 1 atom stereocenters. The summed E-state index contributed by atoms with van der Waals surface area (Å²) < 4.78 is 230. The zero-order chi connectivity index (χ0) is 40.7. The Morgan fingerprint density at radius 3 is 1.58 bits per heavy atom. The lowest BCUT2D eigenvalue weighted by Crippen LogP contribution is -2.74. The molecule has 22 heteroatoms. The van der Waals surface area contributed by atoms with Gasteiger partial charge < -0.3 is 9.59 Å². The molecule has 0 aliphatic heterocycles. The van der Waals surface area contributed by atoms with Crippen LogP contribution in [0.4, 0.5) is 74.6 Å². The van der Waals surface area contributed by atoms with Crippen LogP contribution >= 0.6 is 11.8 Å². The first-order valence-electron chi connectivity index (χ1n) is 15.4. The number of unbranched alkanes of at least 4 members (excludes halogenated alkanes) is 5. The number of halogens is 17. The van der Waals surface area contributed by atoms with E-state index in [2.05, 4.69) is 0 Å². The summed E-state index contributed by atoms with van der Waals surface area (Å²) >= 11 is -0.265. The molecule has 52 heavy (non-hydrogen) atoms. The van der Waals surface area contributed by atoms with Crippen molar-refractivity contribution in [3.63, 3.8) is 0 Å². The van der Waals surface area contributed by atoms with E-state index in [1.54, 1.807) is 30.3 Å². The molecule has 1 rings (SSSR count). The van der Waals surface area contributed by atoms with Crippen molar-refractivity contribution in [3.8, 4) is 0 Å². The van der Waals surface area contributed by atoms with E-state index in [1.807, 2.05) is 6.92 Å². The maximum Gasteiger partial charge on any atom is 0.460 e. The fraction of sp³-hybridized carbons (Fsp3) is 0.733. The van der Waals surface area contributed by atoms with Gasteiger partial charge in [-0.2, -0.15) is 74.6 Å². The highest BCUT2D eigenvalue weighted by molar-refractivity contribution is 8.13. The summed E-state index contributed by atoms with van der Waals surface area (Å²) in [5.41, 5.74) is 0.571. The number of carboxylic acid groups (broad SMARTS) is 1. The minimum Gasteiger partial charge on any atom is -0.481 e. The molecule has 0 fully saturated rings. The van der Waals surface area contributed by atoms with E-state index in [0.717, 1.165) is 25.7 Å². The molecule has 4 nitrogen and oxygen atoms in total. The van der Waals surface area contributed by atoms with Crippen LogP contribution in [0.1, 0.15) is 63.9 Å². The van der Waals surface area contributed by atoms with E-state index in [4.69, 9.17) is 0 Å². The van der Waals surface area contributed by atoms with Crippen LogP contribution in [-0.2, 0) is 16.1 Å². The summed E-state index contributed by atoms with van der Waals surface area (Å²) in [5.74, 6) is -59.9. The molecule has 0 aliphatic rings. The number of nitrogens with zero attached hydrogens (tertiary/aromatic N) is 1. The Morgan fingerprint density at radius 2 is 1.10 bits per heavy atom. The maximum absolute atomic E-state index is 14.4. The van der Waals surface area contributed by atoms with Gasteiger partial charge in [-0.3, -0.25) is 9.59 Å². The lowest BCUT2D eigenvalue weighted by atomic mass is 9.88. The van der Waals surface area contributed by atoms with Crippen LogP contribution in [0.5, 0.6) is 0 Å². The summed E-state index contributed by atoms with van der Waals surface area (Å²) in [7, 11) is 0. The first-order chi connectivity index (χ1) is 23.4. The number of quaternary nitrogens is 1. The Morgan fingerprint density at radius 1 is 0.635 bits per heavy atom. The summed E-state index contributed by atoms with van der Waals surface area (Å²) in [6.07, 6.45) is -6.63. The van der Waals surface area contributed by atoms with Crippen LogP contribution in [0.3, 0.4) is 0 Å². The minimum absolute atomic E-state index is 0.0167. The van der Waals surface area contributed by atoms with Gasteiger partial charge in [0.25, 0.3) is 0 Å². The number of rotatable bonds is 23. The quantitative estimate of drug-likeness (QED) is 0.0680. The third-order valence-electron chi connectivity index (χ3n) is 8.08. The number of benzene rings is 1. The molecule has 0 bridgehead atoms. The van der Waals surface area contributed by atoms with E-state index in [9.17, 15) is 89.3 Å². The zero-order valence-corrected chi connectivity index (χ0v) is 27.9. The van der Waals surface area contributed by atoms with Crippen molar-refractivity contribution >= 4 is 22.8 Å². The average Bonchev–Trinajstić information content (AvgIpc) is 3.01. The highest BCUT2D eigenvalue weighted by Crippen LogP contribution is 2.64. The van der Waals surface area contributed by atoms with Crippen LogP contribution in [0.25, 0.3) is 0 Å². The summed E-state index contributed by atoms with van der Waals surface area (Å²) in [6.45, 7) is 1.17. The summed E-state index contributed by atoms with van der Waals surface area (Å²) in [4.78, 5) is 24.4. The highest BCUT2D eigenvalue weighted by Gasteiger charge is 2.95. The third kappa shape index (κ3) is 10.2. The van der Waals surface area contributed by atoms with Crippen LogP contribution in [0.15, 0.2) is 30.3 Å². The number of hydrogen-bond acceptors (Lipinski definition) is 3. The van der Waals surface area contributed by atoms with Gasteiger partial charge >= 0.3 is 53.6 Å². The van der Waals surface area contributed by atoms with Gasteiger partial charge in [-0.05, 0) is 12.8 Å². The van der Waals surface area contributed by atoms with Crippen molar-refractivity contribution in [2.24, 2.45) is 0 Å². The first kappa shape index (κ1) is 47.5. The second-order valence-corrected chi connectivity index (χ2v) is 13.3. The molecule has 0 saturated heterocycles. The Labute approximate surface area is 290 Å². The minimum atomic E-state index is -8.71. The van der Waals surface area contributed by atoms with E-state index in [1.165, 1.54) is 0 Å². The third-order valence-corrected chi connectivity index (χ3v) is 8.94. The van der Waals surface area contributed by atoms with Gasteiger partial charge in [-0.1, -0.05) is 74.7 Å². The predicted octanol–water partition coefficient (Wildman–Crippen LogP) is 10.5. The van der Waals surface area contributed by atoms with Gasteiger partial charge in [0.1, 0.15) is 13.1 Å². The largest absolute Gasteiger partial charge is 0.481 e. The number of carbonyl (C=O) groups is 2. The van der Waals surface area contributed by atoms with E-state index in [0.29, 0.717) is 18.4 Å². The van der Waals surface area contributed by atoms with Crippen LogP contribution < -0.4 is 0 Å². The molecular weight excluding hydrogens is 777 g/mol. The molecule has 0 aromatic heterocycles.